The van der Waals surface area contributed by atoms with Gasteiger partial charge in [0.15, 0.2) is 5.82 Å². The molecule has 114 valence electrons. The number of carboxylic acid groups (broad SMARTS) is 1. The Bertz CT molecular complexity index is 746. The van der Waals surface area contributed by atoms with Gasteiger partial charge in [-0.3, -0.25) is 0 Å². The summed E-state index contributed by atoms with van der Waals surface area (Å²) in [5.74, 6) is -0.316. The Morgan fingerprint density at radius 1 is 1.32 bits per heavy atom. The Hall–Kier alpha value is -1.85. The molecule has 22 heavy (non-hydrogen) atoms. The molecule has 1 aliphatic rings. The Kier molecular flexibility index (Phi) is 3.70. The maximum Gasteiger partial charge on any atom is 0.331 e. The third-order valence-corrected chi connectivity index (χ3v) is 4.16. The van der Waals surface area contributed by atoms with Crippen LogP contribution < -0.4 is 0 Å². The second-order valence-corrected chi connectivity index (χ2v) is 6.21. The predicted octanol–water partition coefficient (Wildman–Crippen LogP) is 3.64. The summed E-state index contributed by atoms with van der Waals surface area (Å²) in [6.07, 6.45) is 1.75. The Morgan fingerprint density at radius 3 is 2.50 bits per heavy atom. The van der Waals surface area contributed by atoms with Gasteiger partial charge in [0.05, 0.1) is 11.8 Å². The highest BCUT2D eigenvalue weighted by atomic mass is 35.5. The molecule has 7 heteroatoms. The Balaban J connectivity index is 1.89. The van der Waals surface area contributed by atoms with E-state index in [9.17, 15) is 4.79 Å². The summed E-state index contributed by atoms with van der Waals surface area (Å²) in [4.78, 5) is 15.1. The number of benzene rings is 1. The van der Waals surface area contributed by atoms with E-state index in [1.165, 1.54) is 0 Å². The lowest BCUT2D eigenvalue weighted by molar-refractivity contribution is -0.132. The van der Waals surface area contributed by atoms with Crippen molar-refractivity contribution in [1.82, 2.24) is 10.1 Å². The fourth-order valence-corrected chi connectivity index (χ4v) is 2.90. The number of carboxylic acids is 1. The number of rotatable bonds is 5. The van der Waals surface area contributed by atoms with Crippen molar-refractivity contribution in [2.24, 2.45) is 0 Å². The van der Waals surface area contributed by atoms with Crippen molar-refractivity contribution in [2.75, 3.05) is 0 Å². The minimum absolute atomic E-state index is 0.00541. The minimum Gasteiger partial charge on any atom is -0.478 e. The van der Waals surface area contributed by atoms with Gasteiger partial charge >= 0.3 is 5.97 Å². The van der Waals surface area contributed by atoms with Gasteiger partial charge in [-0.2, -0.15) is 4.98 Å². The lowest BCUT2D eigenvalue weighted by Crippen LogP contribution is -2.11. The molecule has 0 atom stereocenters. The molecule has 0 saturated heterocycles. The first-order valence-electron chi connectivity index (χ1n) is 6.61. The highest BCUT2D eigenvalue weighted by Crippen LogP contribution is 2.53. The monoisotopic (exact) mass is 338 g/mol. The summed E-state index contributed by atoms with van der Waals surface area (Å²) in [5, 5.41) is 13.9. The number of aliphatic carboxylic acids is 1. The van der Waals surface area contributed by atoms with Crippen molar-refractivity contribution in [3.8, 4) is 0 Å². The van der Waals surface area contributed by atoms with Crippen LogP contribution in [0, 0.1) is 0 Å². The van der Waals surface area contributed by atoms with Gasteiger partial charge in [0.25, 0.3) is 0 Å². The predicted molar refractivity (Wildman–Crippen MR) is 81.3 cm³/mol. The average Bonchev–Trinajstić information content (AvgIpc) is 3.12. The number of halogens is 2. The molecular weight excluding hydrogens is 327 g/mol. The molecule has 5 nitrogen and oxygen atoms in total. The highest BCUT2D eigenvalue weighted by molar-refractivity contribution is 6.34. The van der Waals surface area contributed by atoms with Gasteiger partial charge in [-0.1, -0.05) is 34.9 Å². The summed E-state index contributed by atoms with van der Waals surface area (Å²) < 4.78 is 5.14. The lowest BCUT2D eigenvalue weighted by atomic mass is 9.95. The van der Waals surface area contributed by atoms with Crippen LogP contribution in [0.15, 0.2) is 34.9 Å². The molecular formula is C15H12Cl2N2O3. The number of carbonyl (C=O) groups is 1. The van der Waals surface area contributed by atoms with Gasteiger partial charge in [0.2, 0.25) is 5.89 Å². The summed E-state index contributed by atoms with van der Waals surface area (Å²) in [6.45, 7) is 3.46. The molecule has 0 spiro atoms. The third-order valence-electron chi connectivity index (χ3n) is 3.73. The second-order valence-electron chi connectivity index (χ2n) is 5.34. The standard InChI is InChI=1S/C15H12Cl2N2O3/c1-8(13(20)21)4-12-18-14(19-22-12)15(2-3-15)9-5-10(16)7-11(17)6-9/h5-7H,1-4H2,(H,20,21). The SMILES string of the molecule is C=C(Cc1nc(C2(c3cc(Cl)cc(Cl)c3)CC2)no1)C(=O)O. The lowest BCUT2D eigenvalue weighted by Gasteiger charge is -2.11. The van der Waals surface area contributed by atoms with Crippen LogP contribution in [0.5, 0.6) is 0 Å². The van der Waals surface area contributed by atoms with E-state index in [0.717, 1.165) is 18.4 Å². The van der Waals surface area contributed by atoms with Gasteiger partial charge < -0.3 is 9.63 Å². The molecule has 1 saturated carbocycles. The third kappa shape index (κ3) is 2.74. The molecule has 1 N–H and O–H groups in total. The summed E-state index contributed by atoms with van der Waals surface area (Å²) in [6, 6.07) is 5.35. The average molecular weight is 339 g/mol. The molecule has 1 aromatic heterocycles. The fourth-order valence-electron chi connectivity index (χ4n) is 2.38. The Labute approximate surface area is 136 Å². The van der Waals surface area contributed by atoms with Gasteiger partial charge in [-0.05, 0) is 36.6 Å². The first kappa shape index (κ1) is 15.1. The maximum absolute atomic E-state index is 10.8. The van der Waals surface area contributed by atoms with Crippen LogP contribution in [-0.4, -0.2) is 21.2 Å². The molecule has 0 amide bonds. The van der Waals surface area contributed by atoms with Crippen LogP contribution in [0.1, 0.15) is 30.1 Å². The van der Waals surface area contributed by atoms with Crippen LogP contribution in [0.25, 0.3) is 0 Å². The first-order chi connectivity index (χ1) is 10.4. The number of hydrogen-bond donors (Lipinski definition) is 1. The fraction of sp³-hybridized carbons (Fsp3) is 0.267. The van der Waals surface area contributed by atoms with Crippen LogP contribution in [0.3, 0.4) is 0 Å². The molecule has 0 radical (unpaired) electrons. The van der Waals surface area contributed by atoms with E-state index in [0.29, 0.717) is 15.9 Å². The molecule has 2 aromatic rings. The molecule has 0 aliphatic heterocycles. The quantitative estimate of drug-likeness (QED) is 0.842. The molecule has 0 bridgehead atoms. The second kappa shape index (κ2) is 5.41. The zero-order valence-corrected chi connectivity index (χ0v) is 13.0. The molecule has 3 rings (SSSR count). The van der Waals surface area contributed by atoms with E-state index >= 15 is 0 Å². The van der Waals surface area contributed by atoms with E-state index in [4.69, 9.17) is 32.8 Å². The van der Waals surface area contributed by atoms with Gasteiger partial charge in [0.1, 0.15) is 0 Å². The van der Waals surface area contributed by atoms with Crippen molar-refractivity contribution >= 4 is 29.2 Å². The summed E-state index contributed by atoms with van der Waals surface area (Å²) >= 11 is 12.1. The number of nitrogens with zero attached hydrogens (tertiary/aromatic N) is 2. The zero-order chi connectivity index (χ0) is 15.9. The Morgan fingerprint density at radius 2 is 1.95 bits per heavy atom. The maximum atomic E-state index is 10.8. The molecule has 1 aromatic carbocycles. The normalized spacial score (nSPS) is 15.5. The van der Waals surface area contributed by atoms with Crippen LogP contribution in [0.4, 0.5) is 0 Å². The van der Waals surface area contributed by atoms with Crippen molar-refractivity contribution in [1.29, 1.82) is 0 Å². The van der Waals surface area contributed by atoms with Crippen molar-refractivity contribution < 1.29 is 14.4 Å². The molecule has 1 fully saturated rings. The topological polar surface area (TPSA) is 76.2 Å². The highest BCUT2D eigenvalue weighted by Gasteiger charge is 2.50. The summed E-state index contributed by atoms with van der Waals surface area (Å²) in [7, 11) is 0. The first-order valence-corrected chi connectivity index (χ1v) is 7.37. The number of aromatic nitrogens is 2. The minimum atomic E-state index is -1.08. The smallest absolute Gasteiger partial charge is 0.331 e. The summed E-state index contributed by atoms with van der Waals surface area (Å²) in [5.41, 5.74) is 0.598. The van der Waals surface area contributed by atoms with Crippen molar-refractivity contribution in [2.45, 2.75) is 24.7 Å². The molecule has 1 aliphatic carbocycles. The van der Waals surface area contributed by atoms with Crippen LogP contribution in [0.2, 0.25) is 10.0 Å². The van der Waals surface area contributed by atoms with Crippen molar-refractivity contribution in [3.63, 3.8) is 0 Å². The number of hydrogen-bond acceptors (Lipinski definition) is 4. The largest absolute Gasteiger partial charge is 0.478 e. The zero-order valence-electron chi connectivity index (χ0n) is 11.5. The van der Waals surface area contributed by atoms with E-state index in [-0.39, 0.29) is 23.3 Å². The van der Waals surface area contributed by atoms with E-state index in [1.807, 2.05) is 12.1 Å². The van der Waals surface area contributed by atoms with E-state index in [2.05, 4.69) is 16.7 Å². The van der Waals surface area contributed by atoms with Gasteiger partial charge in [-0.15, -0.1) is 0 Å². The van der Waals surface area contributed by atoms with Gasteiger partial charge in [-0.25, -0.2) is 4.79 Å². The van der Waals surface area contributed by atoms with Crippen LogP contribution in [-0.2, 0) is 16.6 Å². The van der Waals surface area contributed by atoms with Crippen molar-refractivity contribution in [3.05, 3.63) is 57.7 Å². The van der Waals surface area contributed by atoms with Crippen LogP contribution >= 0.6 is 23.2 Å². The van der Waals surface area contributed by atoms with E-state index < -0.39 is 5.97 Å². The molecule has 0 unspecified atom stereocenters. The van der Waals surface area contributed by atoms with Gasteiger partial charge in [0, 0.05) is 15.6 Å². The molecule has 1 heterocycles. The van der Waals surface area contributed by atoms with E-state index in [1.54, 1.807) is 6.07 Å².